The Hall–Kier alpha value is -3.28. The Bertz CT molecular complexity index is 1070. The van der Waals surface area contributed by atoms with Crippen LogP contribution in [0.1, 0.15) is 24.5 Å². The molecule has 0 spiro atoms. The molecular weight excluding hydrogens is 358 g/mol. The SMILES string of the molecule is CCOc1ccc(NC(=O)COc2ccc3c4c(c(=O)oc3c2)CCC4)cc1. The average Bonchev–Trinajstić information content (AvgIpc) is 3.19. The lowest BCUT2D eigenvalue weighted by molar-refractivity contribution is -0.118. The molecule has 3 aromatic rings. The van der Waals surface area contributed by atoms with E-state index in [4.69, 9.17) is 13.9 Å². The predicted octanol–water partition coefficient (Wildman–Crippen LogP) is 3.70. The quantitative estimate of drug-likeness (QED) is 0.661. The molecule has 6 heteroatoms. The van der Waals surface area contributed by atoms with Crippen LogP contribution >= 0.6 is 0 Å². The van der Waals surface area contributed by atoms with Gasteiger partial charge in [0, 0.05) is 22.7 Å². The molecule has 0 unspecified atom stereocenters. The third kappa shape index (κ3) is 3.71. The van der Waals surface area contributed by atoms with E-state index in [0.29, 0.717) is 23.6 Å². The number of ether oxygens (including phenoxy) is 2. The molecule has 0 radical (unpaired) electrons. The summed E-state index contributed by atoms with van der Waals surface area (Å²) in [6.07, 6.45) is 2.64. The predicted molar refractivity (Wildman–Crippen MR) is 106 cm³/mol. The molecule has 0 bridgehead atoms. The molecule has 0 atom stereocenters. The minimum atomic E-state index is -0.278. The Kier molecular flexibility index (Phi) is 5.02. The Morgan fingerprint density at radius 2 is 1.79 bits per heavy atom. The Labute approximate surface area is 162 Å². The molecule has 0 saturated heterocycles. The van der Waals surface area contributed by atoms with Gasteiger partial charge in [0.1, 0.15) is 17.1 Å². The van der Waals surface area contributed by atoms with E-state index in [9.17, 15) is 9.59 Å². The number of fused-ring (bicyclic) bond motifs is 3. The van der Waals surface area contributed by atoms with E-state index >= 15 is 0 Å². The van der Waals surface area contributed by atoms with E-state index in [1.165, 1.54) is 0 Å². The van der Waals surface area contributed by atoms with Crippen LogP contribution in [0.4, 0.5) is 5.69 Å². The molecule has 1 aliphatic rings. The van der Waals surface area contributed by atoms with Gasteiger partial charge in [-0.25, -0.2) is 4.79 Å². The standard InChI is InChI=1S/C22H21NO5/c1-2-26-15-8-6-14(7-9-15)23-21(24)13-27-16-10-11-18-17-4-3-5-19(17)22(25)28-20(18)12-16/h6-12H,2-5,13H2,1H3,(H,23,24). The average molecular weight is 379 g/mol. The van der Waals surface area contributed by atoms with Crippen LogP contribution < -0.4 is 20.4 Å². The Morgan fingerprint density at radius 3 is 2.57 bits per heavy atom. The lowest BCUT2D eigenvalue weighted by Gasteiger charge is -2.10. The molecule has 1 heterocycles. The molecule has 0 fully saturated rings. The van der Waals surface area contributed by atoms with Crippen molar-refractivity contribution < 1.29 is 18.7 Å². The fourth-order valence-corrected chi connectivity index (χ4v) is 3.50. The van der Waals surface area contributed by atoms with Gasteiger partial charge in [0.25, 0.3) is 5.91 Å². The third-order valence-electron chi connectivity index (χ3n) is 4.76. The largest absolute Gasteiger partial charge is 0.494 e. The molecule has 0 aliphatic heterocycles. The van der Waals surface area contributed by atoms with Crippen molar-refractivity contribution in [2.75, 3.05) is 18.5 Å². The van der Waals surface area contributed by atoms with Crippen LogP contribution in [0.25, 0.3) is 11.0 Å². The molecule has 1 N–H and O–H groups in total. The third-order valence-corrected chi connectivity index (χ3v) is 4.76. The summed E-state index contributed by atoms with van der Waals surface area (Å²) >= 11 is 0. The fraction of sp³-hybridized carbons (Fsp3) is 0.273. The van der Waals surface area contributed by atoms with Crippen LogP contribution in [0.3, 0.4) is 0 Å². The van der Waals surface area contributed by atoms with E-state index in [1.54, 1.807) is 36.4 Å². The van der Waals surface area contributed by atoms with Crippen LogP contribution in [-0.2, 0) is 17.6 Å². The summed E-state index contributed by atoms with van der Waals surface area (Å²) in [7, 11) is 0. The van der Waals surface area contributed by atoms with Gasteiger partial charge in [-0.2, -0.15) is 0 Å². The molecule has 0 saturated carbocycles. The van der Waals surface area contributed by atoms with Crippen LogP contribution in [0.5, 0.6) is 11.5 Å². The number of anilines is 1. The van der Waals surface area contributed by atoms with Crippen LogP contribution in [0.2, 0.25) is 0 Å². The zero-order valence-electron chi connectivity index (χ0n) is 15.6. The summed E-state index contributed by atoms with van der Waals surface area (Å²) in [5.74, 6) is 0.955. The number of aryl methyl sites for hydroxylation is 1. The van der Waals surface area contributed by atoms with Gasteiger partial charge in [0.05, 0.1) is 6.61 Å². The van der Waals surface area contributed by atoms with E-state index < -0.39 is 0 Å². The number of hydrogen-bond donors (Lipinski definition) is 1. The highest BCUT2D eigenvalue weighted by Gasteiger charge is 2.19. The Morgan fingerprint density at radius 1 is 1.04 bits per heavy atom. The first-order valence-corrected chi connectivity index (χ1v) is 9.38. The van der Waals surface area contributed by atoms with Gasteiger partial charge in [-0.15, -0.1) is 0 Å². The number of amides is 1. The normalized spacial score (nSPS) is 12.6. The van der Waals surface area contributed by atoms with Gasteiger partial charge in [0.15, 0.2) is 6.61 Å². The second kappa shape index (κ2) is 7.76. The summed E-state index contributed by atoms with van der Waals surface area (Å²) < 4.78 is 16.4. The molecule has 6 nitrogen and oxygen atoms in total. The van der Waals surface area contributed by atoms with Crippen LogP contribution in [0.15, 0.2) is 51.7 Å². The lowest BCUT2D eigenvalue weighted by Crippen LogP contribution is -2.20. The van der Waals surface area contributed by atoms with Gasteiger partial charge >= 0.3 is 5.63 Å². The number of benzene rings is 2. The smallest absolute Gasteiger partial charge is 0.339 e. The zero-order valence-corrected chi connectivity index (χ0v) is 15.6. The van der Waals surface area contributed by atoms with Crippen molar-refractivity contribution in [1.82, 2.24) is 0 Å². The monoisotopic (exact) mass is 379 g/mol. The van der Waals surface area contributed by atoms with Crippen LogP contribution in [0, 0.1) is 0 Å². The number of carbonyl (C=O) groups excluding carboxylic acids is 1. The summed E-state index contributed by atoms with van der Waals surface area (Å²) in [6, 6.07) is 12.5. The topological polar surface area (TPSA) is 77.8 Å². The van der Waals surface area contributed by atoms with E-state index in [0.717, 1.165) is 41.5 Å². The van der Waals surface area contributed by atoms with Crippen molar-refractivity contribution in [3.8, 4) is 11.5 Å². The molecule has 2 aromatic carbocycles. The molecule has 4 rings (SSSR count). The maximum absolute atomic E-state index is 12.1. The minimum Gasteiger partial charge on any atom is -0.494 e. The van der Waals surface area contributed by atoms with E-state index in [1.807, 2.05) is 13.0 Å². The summed E-state index contributed by atoms with van der Waals surface area (Å²) in [6.45, 7) is 2.36. The van der Waals surface area contributed by atoms with Gasteiger partial charge < -0.3 is 19.2 Å². The number of carbonyl (C=O) groups is 1. The maximum Gasteiger partial charge on any atom is 0.339 e. The summed E-state index contributed by atoms with van der Waals surface area (Å²) in [4.78, 5) is 24.2. The van der Waals surface area contributed by atoms with Gasteiger partial charge in [-0.05, 0) is 68.1 Å². The van der Waals surface area contributed by atoms with E-state index in [-0.39, 0.29) is 18.1 Å². The van der Waals surface area contributed by atoms with Crippen molar-refractivity contribution in [3.63, 3.8) is 0 Å². The molecule has 1 aliphatic carbocycles. The van der Waals surface area contributed by atoms with Gasteiger partial charge in [-0.3, -0.25) is 4.79 Å². The fourth-order valence-electron chi connectivity index (χ4n) is 3.50. The molecule has 1 amide bonds. The van der Waals surface area contributed by atoms with Crippen molar-refractivity contribution >= 4 is 22.6 Å². The second-order valence-corrected chi connectivity index (χ2v) is 6.65. The van der Waals surface area contributed by atoms with Crippen molar-refractivity contribution in [2.45, 2.75) is 26.2 Å². The summed E-state index contributed by atoms with van der Waals surface area (Å²) in [5.41, 5.74) is 2.75. The number of nitrogens with one attached hydrogen (secondary N) is 1. The second-order valence-electron chi connectivity index (χ2n) is 6.65. The summed E-state index contributed by atoms with van der Waals surface area (Å²) in [5, 5.41) is 3.71. The highest BCUT2D eigenvalue weighted by Crippen LogP contribution is 2.29. The first kappa shape index (κ1) is 18.1. The lowest BCUT2D eigenvalue weighted by atomic mass is 10.1. The van der Waals surface area contributed by atoms with Crippen molar-refractivity contribution in [2.24, 2.45) is 0 Å². The van der Waals surface area contributed by atoms with Gasteiger partial charge in [-0.1, -0.05) is 0 Å². The van der Waals surface area contributed by atoms with Crippen molar-refractivity contribution in [1.29, 1.82) is 0 Å². The van der Waals surface area contributed by atoms with Gasteiger partial charge in [0.2, 0.25) is 0 Å². The first-order valence-electron chi connectivity index (χ1n) is 9.38. The molecule has 28 heavy (non-hydrogen) atoms. The maximum atomic E-state index is 12.1. The highest BCUT2D eigenvalue weighted by molar-refractivity contribution is 5.92. The first-order chi connectivity index (χ1) is 13.6. The highest BCUT2D eigenvalue weighted by atomic mass is 16.5. The molecule has 1 aromatic heterocycles. The number of hydrogen-bond acceptors (Lipinski definition) is 5. The number of rotatable bonds is 6. The van der Waals surface area contributed by atoms with E-state index in [2.05, 4.69) is 5.32 Å². The molecular formula is C22H21NO5. The molecule has 144 valence electrons. The van der Waals surface area contributed by atoms with Crippen LogP contribution in [-0.4, -0.2) is 19.1 Å². The zero-order chi connectivity index (χ0) is 19.5. The van der Waals surface area contributed by atoms with Crippen molar-refractivity contribution in [3.05, 3.63) is 64.0 Å². The Balaban J connectivity index is 1.41. The minimum absolute atomic E-state index is 0.145.